The first kappa shape index (κ1) is 18.4. The summed E-state index contributed by atoms with van der Waals surface area (Å²) in [4.78, 5) is 13.0. The van der Waals surface area contributed by atoms with Gasteiger partial charge in [0.2, 0.25) is 0 Å². The number of hydrogen-bond donors (Lipinski definition) is 0. The average molecular weight is 366 g/mol. The van der Waals surface area contributed by atoms with Gasteiger partial charge in [-0.25, -0.2) is 9.97 Å². The number of aryl methyl sites for hydroxylation is 1. The average Bonchev–Trinajstić information content (AvgIpc) is 2.50. The number of ether oxygens (including phenoxy) is 1. The maximum absolute atomic E-state index is 12.2. The quantitative estimate of drug-likeness (QED) is 0.812. The zero-order chi connectivity index (χ0) is 18.9. The number of likely N-dealkylation sites (N-methyl/N-ethyl adjacent to an activating group) is 1. The number of anilines is 1. The zero-order valence-corrected chi connectivity index (χ0v) is 14.9. The van der Waals surface area contributed by atoms with Crippen molar-refractivity contribution in [3.05, 3.63) is 47.4 Å². The normalized spacial score (nSPS) is 15.3. The second-order valence-corrected chi connectivity index (χ2v) is 6.57. The van der Waals surface area contributed by atoms with E-state index < -0.39 is 6.36 Å². The highest BCUT2D eigenvalue weighted by atomic mass is 19.4. The third kappa shape index (κ3) is 4.24. The van der Waals surface area contributed by atoms with Crippen molar-refractivity contribution in [3.8, 4) is 5.75 Å². The van der Waals surface area contributed by atoms with Gasteiger partial charge in [-0.15, -0.1) is 13.2 Å². The summed E-state index contributed by atoms with van der Waals surface area (Å²) >= 11 is 0. The Morgan fingerprint density at radius 2 is 1.81 bits per heavy atom. The number of nitrogens with zero attached hydrogens (tertiary/aromatic N) is 4. The third-order valence-electron chi connectivity index (χ3n) is 4.68. The number of halogens is 3. The number of rotatable bonds is 5. The summed E-state index contributed by atoms with van der Waals surface area (Å²) < 4.78 is 40.5. The molecule has 1 aromatic carbocycles. The van der Waals surface area contributed by atoms with Gasteiger partial charge in [0.1, 0.15) is 17.9 Å². The van der Waals surface area contributed by atoms with Gasteiger partial charge in [0.05, 0.1) is 0 Å². The molecule has 3 rings (SSSR count). The molecule has 1 fully saturated rings. The third-order valence-corrected chi connectivity index (χ3v) is 4.68. The Morgan fingerprint density at radius 3 is 2.42 bits per heavy atom. The summed E-state index contributed by atoms with van der Waals surface area (Å²) in [7, 11) is 2.01. The van der Waals surface area contributed by atoms with E-state index in [0.29, 0.717) is 12.6 Å². The van der Waals surface area contributed by atoms with Gasteiger partial charge in [-0.05, 0) is 38.6 Å². The molecule has 5 nitrogen and oxygen atoms in total. The van der Waals surface area contributed by atoms with Crippen LogP contribution in [0.5, 0.6) is 5.75 Å². The fourth-order valence-electron chi connectivity index (χ4n) is 2.97. The molecule has 0 radical (unpaired) electrons. The van der Waals surface area contributed by atoms with Crippen LogP contribution in [-0.2, 0) is 6.54 Å². The molecule has 2 heterocycles. The van der Waals surface area contributed by atoms with Gasteiger partial charge in [0.15, 0.2) is 0 Å². The lowest BCUT2D eigenvalue weighted by atomic mass is 10.1. The van der Waals surface area contributed by atoms with Crippen LogP contribution in [0.1, 0.15) is 16.8 Å². The van der Waals surface area contributed by atoms with Crippen LogP contribution in [-0.4, -0.2) is 47.4 Å². The minimum atomic E-state index is -4.66. The van der Waals surface area contributed by atoms with E-state index in [1.807, 2.05) is 20.9 Å². The Labute approximate surface area is 150 Å². The molecule has 0 aliphatic carbocycles. The molecule has 0 N–H and O–H groups in total. The second kappa shape index (κ2) is 7.11. The zero-order valence-electron chi connectivity index (χ0n) is 14.9. The van der Waals surface area contributed by atoms with E-state index >= 15 is 0 Å². The Hall–Kier alpha value is -2.35. The largest absolute Gasteiger partial charge is 0.573 e. The molecule has 26 heavy (non-hydrogen) atoms. The second-order valence-electron chi connectivity index (χ2n) is 6.57. The molecule has 0 saturated carbocycles. The molecule has 0 spiro atoms. The summed E-state index contributed by atoms with van der Waals surface area (Å²) in [6.07, 6.45) is -3.08. The van der Waals surface area contributed by atoms with Crippen LogP contribution >= 0.6 is 0 Å². The number of aromatic nitrogens is 2. The number of benzene rings is 1. The van der Waals surface area contributed by atoms with Crippen LogP contribution in [0.25, 0.3) is 0 Å². The summed E-state index contributed by atoms with van der Waals surface area (Å²) in [5, 5.41) is 0. The van der Waals surface area contributed by atoms with Crippen LogP contribution in [0.3, 0.4) is 0 Å². The summed E-state index contributed by atoms with van der Waals surface area (Å²) in [6, 6.07) is 6.38. The van der Waals surface area contributed by atoms with E-state index in [2.05, 4.69) is 24.5 Å². The van der Waals surface area contributed by atoms with E-state index in [9.17, 15) is 13.2 Å². The van der Waals surface area contributed by atoms with Crippen molar-refractivity contribution in [1.29, 1.82) is 0 Å². The van der Waals surface area contributed by atoms with Crippen molar-refractivity contribution in [2.24, 2.45) is 0 Å². The molecule has 8 heteroatoms. The Bertz CT molecular complexity index is 758. The fraction of sp³-hybridized carbons (Fsp3) is 0.444. The molecular formula is C18H21F3N4O. The maximum atomic E-state index is 12.2. The molecule has 1 aromatic heterocycles. The summed E-state index contributed by atoms with van der Waals surface area (Å²) in [5.74, 6) is 0.768. The van der Waals surface area contributed by atoms with Crippen LogP contribution in [0, 0.1) is 13.8 Å². The van der Waals surface area contributed by atoms with Crippen molar-refractivity contribution >= 4 is 5.82 Å². The van der Waals surface area contributed by atoms with E-state index in [-0.39, 0.29) is 5.75 Å². The Morgan fingerprint density at radius 1 is 1.15 bits per heavy atom. The van der Waals surface area contributed by atoms with Gasteiger partial charge in [-0.1, -0.05) is 12.1 Å². The first-order valence-electron chi connectivity index (χ1n) is 8.31. The van der Waals surface area contributed by atoms with E-state index in [0.717, 1.165) is 35.7 Å². The van der Waals surface area contributed by atoms with Crippen molar-refractivity contribution in [1.82, 2.24) is 14.9 Å². The van der Waals surface area contributed by atoms with Gasteiger partial charge in [0, 0.05) is 36.9 Å². The Balaban J connectivity index is 1.54. The monoisotopic (exact) mass is 366 g/mol. The first-order chi connectivity index (χ1) is 12.2. The minimum absolute atomic E-state index is 0.201. The summed E-state index contributed by atoms with van der Waals surface area (Å²) in [6.45, 7) is 6.38. The van der Waals surface area contributed by atoms with E-state index in [1.165, 1.54) is 12.1 Å². The molecule has 0 amide bonds. The molecule has 140 valence electrons. The number of alkyl halides is 3. The number of hydrogen-bond acceptors (Lipinski definition) is 5. The highest BCUT2D eigenvalue weighted by molar-refractivity contribution is 5.50. The van der Waals surface area contributed by atoms with Crippen LogP contribution in [0.15, 0.2) is 30.6 Å². The van der Waals surface area contributed by atoms with E-state index in [1.54, 1.807) is 18.5 Å². The van der Waals surface area contributed by atoms with Gasteiger partial charge in [0.25, 0.3) is 0 Å². The lowest BCUT2D eigenvalue weighted by molar-refractivity contribution is -0.274. The molecule has 1 saturated heterocycles. The van der Waals surface area contributed by atoms with Crippen molar-refractivity contribution < 1.29 is 17.9 Å². The molecule has 0 unspecified atom stereocenters. The van der Waals surface area contributed by atoms with Crippen LogP contribution in [0.2, 0.25) is 0 Å². The van der Waals surface area contributed by atoms with Crippen molar-refractivity contribution in [3.63, 3.8) is 0 Å². The predicted octanol–water partition coefficient (Wildman–Crippen LogP) is 3.31. The maximum Gasteiger partial charge on any atom is 0.573 e. The molecule has 1 aliphatic rings. The molecular weight excluding hydrogens is 345 g/mol. The van der Waals surface area contributed by atoms with Gasteiger partial charge in [-0.2, -0.15) is 0 Å². The van der Waals surface area contributed by atoms with Crippen LogP contribution < -0.4 is 9.64 Å². The smallest absolute Gasteiger partial charge is 0.406 e. The first-order valence-corrected chi connectivity index (χ1v) is 8.31. The predicted molar refractivity (Wildman–Crippen MR) is 92.1 cm³/mol. The molecule has 0 atom stereocenters. The highest BCUT2D eigenvalue weighted by Gasteiger charge is 2.32. The molecule has 2 aromatic rings. The SMILES string of the molecule is Cc1ncnc(N2CC(N(C)Cc3ccc(OC(F)(F)F)cc3)C2)c1C. The van der Waals surface area contributed by atoms with Gasteiger partial charge in [-0.3, -0.25) is 4.90 Å². The minimum Gasteiger partial charge on any atom is -0.406 e. The van der Waals surface area contributed by atoms with Crippen LogP contribution in [0.4, 0.5) is 19.0 Å². The topological polar surface area (TPSA) is 41.5 Å². The summed E-state index contributed by atoms with van der Waals surface area (Å²) in [5.41, 5.74) is 3.01. The van der Waals surface area contributed by atoms with Gasteiger partial charge >= 0.3 is 6.36 Å². The van der Waals surface area contributed by atoms with E-state index in [4.69, 9.17) is 0 Å². The standard InChI is InChI=1S/C18H21F3N4O/c1-12-13(2)22-11-23-17(12)25-9-15(10-25)24(3)8-14-4-6-16(7-5-14)26-18(19,20)21/h4-7,11,15H,8-10H2,1-3H3. The lowest BCUT2D eigenvalue weighted by Gasteiger charge is -2.45. The lowest BCUT2D eigenvalue weighted by Crippen LogP contribution is -2.58. The van der Waals surface area contributed by atoms with Crippen molar-refractivity contribution in [2.45, 2.75) is 32.8 Å². The van der Waals surface area contributed by atoms with Gasteiger partial charge < -0.3 is 9.64 Å². The Kier molecular flexibility index (Phi) is 5.04. The molecule has 1 aliphatic heterocycles. The fourth-order valence-corrected chi connectivity index (χ4v) is 2.97. The van der Waals surface area contributed by atoms with Crippen molar-refractivity contribution in [2.75, 3.05) is 25.0 Å². The molecule has 0 bridgehead atoms. The highest BCUT2D eigenvalue weighted by Crippen LogP contribution is 2.27.